The highest BCUT2D eigenvalue weighted by atomic mass is 19.4. The van der Waals surface area contributed by atoms with E-state index in [1.54, 1.807) is 0 Å². The summed E-state index contributed by atoms with van der Waals surface area (Å²) in [6.07, 6.45) is -3.93. The summed E-state index contributed by atoms with van der Waals surface area (Å²) in [5.74, 6) is -1.32. The predicted molar refractivity (Wildman–Crippen MR) is 124 cm³/mol. The molecule has 188 valence electrons. The fourth-order valence-corrected chi connectivity index (χ4v) is 3.85. The number of carbonyl (C=O) groups excluding carboxylic acids is 3. The molecule has 1 atom stereocenters. The highest BCUT2D eigenvalue weighted by molar-refractivity contribution is 6.00. The number of nitrogens with zero attached hydrogens (tertiary/aromatic N) is 1. The quantitative estimate of drug-likeness (QED) is 0.377. The van der Waals surface area contributed by atoms with Crippen molar-refractivity contribution in [3.8, 4) is 0 Å². The number of nitrogens with two attached hydrogens (primary N) is 2. The first-order chi connectivity index (χ1) is 16.4. The average Bonchev–Trinajstić information content (AvgIpc) is 3.20. The maximum absolute atomic E-state index is 12.9. The van der Waals surface area contributed by atoms with Gasteiger partial charge in [0.1, 0.15) is 0 Å². The number of anilines is 2. The zero-order chi connectivity index (χ0) is 25.8. The predicted octanol–water partition coefficient (Wildman–Crippen LogP) is 2.21. The number of benzene rings is 2. The summed E-state index contributed by atoms with van der Waals surface area (Å²) >= 11 is 0. The fourth-order valence-electron chi connectivity index (χ4n) is 3.85. The van der Waals surface area contributed by atoms with Crippen LogP contribution in [0, 0.1) is 6.92 Å². The summed E-state index contributed by atoms with van der Waals surface area (Å²) in [4.78, 5) is 37.9. The van der Waals surface area contributed by atoms with Gasteiger partial charge in [0.05, 0.1) is 17.7 Å². The van der Waals surface area contributed by atoms with E-state index in [0.717, 1.165) is 29.8 Å². The SMILES string of the molecule is Cc1ccc(CN2CC[C@H](NC(=O)CNC(=O)c3cc(C(F)(F)F)ccc3N)C2)cc1NC(N)=O. The second-order valence-electron chi connectivity index (χ2n) is 8.41. The molecular weight excluding hydrogens is 465 g/mol. The number of amides is 4. The van der Waals surface area contributed by atoms with Crippen molar-refractivity contribution in [2.24, 2.45) is 5.73 Å². The van der Waals surface area contributed by atoms with Crippen LogP contribution in [0.15, 0.2) is 36.4 Å². The van der Waals surface area contributed by atoms with E-state index >= 15 is 0 Å². The summed E-state index contributed by atoms with van der Waals surface area (Å²) in [6, 6.07) is 7.35. The van der Waals surface area contributed by atoms with Gasteiger partial charge in [0.25, 0.3) is 5.91 Å². The summed E-state index contributed by atoms with van der Waals surface area (Å²) in [6.45, 7) is 3.37. The maximum Gasteiger partial charge on any atom is 0.416 e. The van der Waals surface area contributed by atoms with Gasteiger partial charge in [0.15, 0.2) is 0 Å². The molecular formula is C23H27F3N6O3. The molecule has 1 fully saturated rings. The van der Waals surface area contributed by atoms with Crippen LogP contribution in [0.4, 0.5) is 29.3 Å². The standard InChI is InChI=1S/C23H27F3N6O3/c1-13-2-3-14(8-19(13)31-22(28)35)11-32-7-6-16(12-32)30-20(33)10-29-21(34)17-9-15(23(24,25)26)4-5-18(17)27/h2-5,8-9,16H,6-7,10-12,27H2,1H3,(H,29,34)(H,30,33)(H3,28,31,35)/t16-/m0/s1. The van der Waals surface area contributed by atoms with E-state index in [1.807, 2.05) is 25.1 Å². The molecule has 0 aliphatic carbocycles. The Hall–Kier alpha value is -3.80. The Labute approximate surface area is 200 Å². The first-order valence-corrected chi connectivity index (χ1v) is 10.8. The molecule has 35 heavy (non-hydrogen) atoms. The molecule has 0 radical (unpaired) electrons. The van der Waals surface area contributed by atoms with Crippen LogP contribution < -0.4 is 27.4 Å². The lowest BCUT2D eigenvalue weighted by Gasteiger charge is -2.18. The first-order valence-electron chi connectivity index (χ1n) is 10.8. The first kappa shape index (κ1) is 25.8. The zero-order valence-electron chi connectivity index (χ0n) is 19.0. The van der Waals surface area contributed by atoms with Crippen LogP contribution >= 0.6 is 0 Å². The van der Waals surface area contributed by atoms with E-state index in [-0.39, 0.29) is 17.3 Å². The van der Waals surface area contributed by atoms with Crippen molar-refractivity contribution in [3.05, 3.63) is 58.7 Å². The van der Waals surface area contributed by atoms with Crippen molar-refractivity contribution in [2.75, 3.05) is 30.7 Å². The van der Waals surface area contributed by atoms with Gasteiger partial charge in [-0.15, -0.1) is 0 Å². The largest absolute Gasteiger partial charge is 0.416 e. The highest BCUT2D eigenvalue weighted by Gasteiger charge is 2.31. The molecule has 2 aromatic rings. The third-order valence-corrected chi connectivity index (χ3v) is 5.64. The third-order valence-electron chi connectivity index (χ3n) is 5.64. The van der Waals surface area contributed by atoms with Crippen molar-refractivity contribution >= 4 is 29.2 Å². The lowest BCUT2D eigenvalue weighted by atomic mass is 10.1. The molecule has 1 aliphatic heterocycles. The van der Waals surface area contributed by atoms with Crippen molar-refractivity contribution < 1.29 is 27.6 Å². The van der Waals surface area contributed by atoms with Crippen LogP contribution in [-0.2, 0) is 17.5 Å². The van der Waals surface area contributed by atoms with E-state index in [9.17, 15) is 27.6 Å². The Morgan fingerprint density at radius 2 is 1.89 bits per heavy atom. The Kier molecular flexibility index (Phi) is 7.85. The van der Waals surface area contributed by atoms with Gasteiger partial charge in [-0.3, -0.25) is 14.5 Å². The molecule has 0 bridgehead atoms. The fraction of sp³-hybridized carbons (Fsp3) is 0.348. The monoisotopic (exact) mass is 492 g/mol. The summed E-state index contributed by atoms with van der Waals surface area (Å²) in [5.41, 5.74) is 11.9. The van der Waals surface area contributed by atoms with Gasteiger partial charge in [-0.05, 0) is 48.7 Å². The van der Waals surface area contributed by atoms with E-state index in [4.69, 9.17) is 11.5 Å². The van der Waals surface area contributed by atoms with Gasteiger partial charge in [-0.25, -0.2) is 4.79 Å². The number of aryl methyl sites for hydroxylation is 1. The highest BCUT2D eigenvalue weighted by Crippen LogP contribution is 2.31. The molecule has 12 heteroatoms. The average molecular weight is 493 g/mol. The van der Waals surface area contributed by atoms with Crippen LogP contribution in [0.25, 0.3) is 0 Å². The molecule has 7 N–H and O–H groups in total. The number of primary amides is 1. The summed E-state index contributed by atoms with van der Waals surface area (Å²) < 4.78 is 38.7. The van der Waals surface area contributed by atoms with Crippen LogP contribution in [0.1, 0.15) is 33.5 Å². The summed E-state index contributed by atoms with van der Waals surface area (Å²) in [5, 5.41) is 7.72. The molecule has 3 rings (SSSR count). The van der Waals surface area contributed by atoms with Crippen LogP contribution in [0.5, 0.6) is 0 Å². The second kappa shape index (κ2) is 10.6. The van der Waals surface area contributed by atoms with E-state index in [2.05, 4.69) is 20.9 Å². The topological polar surface area (TPSA) is 143 Å². The number of rotatable bonds is 7. The zero-order valence-corrected chi connectivity index (χ0v) is 19.0. The molecule has 2 aromatic carbocycles. The Balaban J connectivity index is 1.49. The molecule has 0 unspecified atom stereocenters. The van der Waals surface area contributed by atoms with Gasteiger partial charge in [-0.2, -0.15) is 13.2 Å². The van der Waals surface area contributed by atoms with Crippen molar-refractivity contribution in [2.45, 2.75) is 32.1 Å². The number of nitrogen functional groups attached to an aromatic ring is 1. The minimum absolute atomic E-state index is 0.118. The number of hydrogen-bond acceptors (Lipinski definition) is 5. The number of carbonyl (C=O) groups is 3. The Morgan fingerprint density at radius 1 is 1.14 bits per heavy atom. The van der Waals surface area contributed by atoms with E-state index in [0.29, 0.717) is 31.3 Å². The number of likely N-dealkylation sites (tertiary alicyclic amines) is 1. The van der Waals surface area contributed by atoms with Gasteiger partial charge in [0, 0.05) is 37.1 Å². The maximum atomic E-state index is 12.9. The molecule has 4 amide bonds. The van der Waals surface area contributed by atoms with E-state index in [1.165, 1.54) is 0 Å². The third kappa shape index (κ3) is 7.09. The molecule has 9 nitrogen and oxygen atoms in total. The van der Waals surface area contributed by atoms with Gasteiger partial charge < -0.3 is 27.4 Å². The summed E-state index contributed by atoms with van der Waals surface area (Å²) in [7, 11) is 0. The minimum atomic E-state index is -4.62. The van der Waals surface area contributed by atoms with Crippen molar-refractivity contribution in [1.82, 2.24) is 15.5 Å². The number of hydrogen-bond donors (Lipinski definition) is 5. The van der Waals surface area contributed by atoms with Crippen molar-refractivity contribution in [1.29, 1.82) is 0 Å². The number of urea groups is 1. The molecule has 0 aromatic heterocycles. The molecule has 0 spiro atoms. The normalized spacial score (nSPS) is 16.1. The van der Waals surface area contributed by atoms with Crippen LogP contribution in [0.2, 0.25) is 0 Å². The molecule has 1 aliphatic rings. The Bertz CT molecular complexity index is 1120. The number of nitrogens with one attached hydrogen (secondary N) is 3. The lowest BCUT2D eigenvalue weighted by molar-refractivity contribution is -0.137. The van der Waals surface area contributed by atoms with Crippen molar-refractivity contribution in [3.63, 3.8) is 0 Å². The van der Waals surface area contributed by atoms with E-state index < -0.39 is 36.1 Å². The number of halogens is 3. The Morgan fingerprint density at radius 3 is 2.57 bits per heavy atom. The lowest BCUT2D eigenvalue weighted by Crippen LogP contribution is -2.43. The van der Waals surface area contributed by atoms with Gasteiger partial charge in [0.2, 0.25) is 5.91 Å². The smallest absolute Gasteiger partial charge is 0.398 e. The molecule has 1 saturated heterocycles. The number of alkyl halides is 3. The minimum Gasteiger partial charge on any atom is -0.398 e. The molecule has 0 saturated carbocycles. The van der Waals surface area contributed by atoms with Crippen LogP contribution in [-0.4, -0.2) is 48.4 Å². The van der Waals surface area contributed by atoms with Gasteiger partial charge in [-0.1, -0.05) is 12.1 Å². The van der Waals surface area contributed by atoms with Gasteiger partial charge >= 0.3 is 12.2 Å². The second-order valence-corrected chi connectivity index (χ2v) is 8.41. The molecule has 1 heterocycles. The van der Waals surface area contributed by atoms with Crippen LogP contribution in [0.3, 0.4) is 0 Å².